The molecule has 0 saturated heterocycles. The molecule has 0 radical (unpaired) electrons. The lowest BCUT2D eigenvalue weighted by Crippen LogP contribution is -2.33. The third-order valence-electron chi connectivity index (χ3n) is 3.67. The van der Waals surface area contributed by atoms with Gasteiger partial charge in [0.05, 0.1) is 6.42 Å². The Morgan fingerprint density at radius 2 is 1.09 bits per heavy atom. The van der Waals surface area contributed by atoms with Crippen LogP contribution in [0.5, 0.6) is 0 Å². The molecule has 0 heterocycles. The van der Waals surface area contributed by atoms with E-state index in [-0.39, 0.29) is 31.5 Å². The Labute approximate surface area is 217 Å². The quantitative estimate of drug-likeness (QED) is 0.126. The third kappa shape index (κ3) is 25.1. The van der Waals surface area contributed by atoms with Crippen molar-refractivity contribution in [1.82, 2.24) is 10.6 Å². The van der Waals surface area contributed by atoms with Gasteiger partial charge in [-0.25, -0.2) is 9.59 Å². The molecule has 10 nitrogen and oxygen atoms in total. The molecular weight excluding hydrogens is 496 g/mol. The van der Waals surface area contributed by atoms with E-state index in [2.05, 4.69) is 10.6 Å². The van der Waals surface area contributed by atoms with Gasteiger partial charge < -0.3 is 29.6 Å². The number of unbranched alkanes of at least 4 members (excludes halogenated alkanes) is 2. The summed E-state index contributed by atoms with van der Waals surface area (Å²) in [6, 6.07) is 0. The van der Waals surface area contributed by atoms with Crippen LogP contribution in [0.15, 0.2) is 0 Å². The average molecular weight is 539 g/mol. The van der Waals surface area contributed by atoms with Crippen molar-refractivity contribution in [2.24, 2.45) is 0 Å². The zero-order valence-electron chi connectivity index (χ0n) is 21.9. The number of ether oxygens (including phenoxy) is 4. The van der Waals surface area contributed by atoms with E-state index in [1.54, 1.807) is 20.8 Å². The van der Waals surface area contributed by atoms with Crippen LogP contribution in [0, 0.1) is 0 Å². The summed E-state index contributed by atoms with van der Waals surface area (Å²) in [5, 5.41) is 5.19. The summed E-state index contributed by atoms with van der Waals surface area (Å²) >= 11 is 0. The highest BCUT2D eigenvalue weighted by Gasteiger charge is 2.16. The molecule has 0 aliphatic rings. The van der Waals surface area contributed by atoms with Crippen LogP contribution in [0.3, 0.4) is 0 Å². The monoisotopic (exact) mass is 538 g/mol. The van der Waals surface area contributed by atoms with Crippen molar-refractivity contribution in [3.05, 3.63) is 0 Å². The molecule has 0 fully saturated rings. The maximum absolute atomic E-state index is 11.7. The fraction of sp³-hybridized carbons (Fsp3) is 0.826. The van der Waals surface area contributed by atoms with E-state index < -0.39 is 23.4 Å². The van der Waals surface area contributed by atoms with E-state index in [9.17, 15) is 19.2 Å². The standard InChI is InChI=1S/C23H42N2O8S2/c1-22(2,3)32-20(28)24-12-9-7-8-10-18(26)30-14-16-34-35-17-15-31-19(27)11-13-25-21(29)33-23(4,5)6/h7-17H2,1-6H3,(H,24,28)(H,25,29). The molecular formula is C23H42N2O8S2. The molecule has 204 valence electrons. The van der Waals surface area contributed by atoms with E-state index in [1.165, 1.54) is 21.6 Å². The van der Waals surface area contributed by atoms with Gasteiger partial charge in [-0.2, -0.15) is 0 Å². The summed E-state index contributed by atoms with van der Waals surface area (Å²) in [6.07, 6.45) is 1.71. The smallest absolute Gasteiger partial charge is 0.407 e. The molecule has 12 heteroatoms. The minimum atomic E-state index is -0.582. The van der Waals surface area contributed by atoms with Crippen LogP contribution >= 0.6 is 21.6 Å². The van der Waals surface area contributed by atoms with E-state index in [1.807, 2.05) is 20.8 Å². The summed E-state index contributed by atoms with van der Waals surface area (Å²) < 4.78 is 20.5. The van der Waals surface area contributed by atoms with Crippen molar-refractivity contribution < 1.29 is 38.1 Å². The highest BCUT2D eigenvalue weighted by molar-refractivity contribution is 8.76. The molecule has 0 saturated carbocycles. The first-order valence-electron chi connectivity index (χ1n) is 11.8. The van der Waals surface area contributed by atoms with E-state index in [4.69, 9.17) is 18.9 Å². The lowest BCUT2D eigenvalue weighted by Gasteiger charge is -2.19. The second kappa shape index (κ2) is 18.4. The Balaban J connectivity index is 3.49. The van der Waals surface area contributed by atoms with Gasteiger partial charge in [-0.05, 0) is 54.4 Å². The van der Waals surface area contributed by atoms with Gasteiger partial charge in [0.2, 0.25) is 0 Å². The normalized spacial score (nSPS) is 11.4. The fourth-order valence-electron chi connectivity index (χ4n) is 2.30. The molecule has 0 aliphatic carbocycles. The van der Waals surface area contributed by atoms with Crippen LogP contribution in [-0.4, -0.2) is 73.1 Å². The van der Waals surface area contributed by atoms with Crippen molar-refractivity contribution in [2.45, 2.75) is 84.8 Å². The predicted molar refractivity (Wildman–Crippen MR) is 138 cm³/mol. The zero-order chi connectivity index (χ0) is 26.7. The SMILES string of the molecule is CC(C)(C)OC(=O)NCCCCCC(=O)OCCSSCCOC(=O)CCNC(=O)OC(C)(C)C. The van der Waals surface area contributed by atoms with Gasteiger partial charge in [0.15, 0.2) is 0 Å². The number of amides is 2. The molecule has 2 N–H and O–H groups in total. The summed E-state index contributed by atoms with van der Waals surface area (Å²) in [4.78, 5) is 46.3. The average Bonchev–Trinajstić information content (AvgIpc) is 2.69. The summed E-state index contributed by atoms with van der Waals surface area (Å²) in [5.74, 6) is 0.636. The van der Waals surface area contributed by atoms with Gasteiger partial charge in [-0.3, -0.25) is 9.59 Å². The Morgan fingerprint density at radius 1 is 0.629 bits per heavy atom. The maximum Gasteiger partial charge on any atom is 0.407 e. The molecule has 0 bridgehead atoms. The highest BCUT2D eigenvalue weighted by atomic mass is 33.1. The van der Waals surface area contributed by atoms with Crippen LogP contribution < -0.4 is 10.6 Å². The van der Waals surface area contributed by atoms with Crippen LogP contribution in [0.25, 0.3) is 0 Å². The summed E-state index contributed by atoms with van der Waals surface area (Å²) in [6.45, 7) is 12.0. The van der Waals surface area contributed by atoms with Crippen molar-refractivity contribution in [3.63, 3.8) is 0 Å². The number of hydrogen-bond acceptors (Lipinski definition) is 10. The fourth-order valence-corrected chi connectivity index (χ4v) is 3.95. The number of nitrogens with one attached hydrogen (secondary N) is 2. The topological polar surface area (TPSA) is 129 Å². The first kappa shape index (κ1) is 33.2. The van der Waals surface area contributed by atoms with E-state index >= 15 is 0 Å². The van der Waals surface area contributed by atoms with Crippen LogP contribution in [0.2, 0.25) is 0 Å². The molecule has 0 aliphatic heterocycles. The number of hydrogen-bond donors (Lipinski definition) is 2. The molecule has 0 spiro atoms. The van der Waals surface area contributed by atoms with Gasteiger partial charge in [-0.15, -0.1) is 0 Å². The Hall–Kier alpha value is -1.82. The number of alkyl carbamates (subject to hydrolysis) is 2. The largest absolute Gasteiger partial charge is 0.465 e. The molecule has 35 heavy (non-hydrogen) atoms. The Bertz CT molecular complexity index is 648. The van der Waals surface area contributed by atoms with Crippen LogP contribution in [-0.2, 0) is 28.5 Å². The number of carbonyl (C=O) groups excluding carboxylic acids is 4. The van der Waals surface area contributed by atoms with Gasteiger partial charge in [-0.1, -0.05) is 28.0 Å². The van der Waals surface area contributed by atoms with Gasteiger partial charge in [0, 0.05) is 31.0 Å². The summed E-state index contributed by atoms with van der Waals surface area (Å²) in [5.41, 5.74) is -1.10. The van der Waals surface area contributed by atoms with Gasteiger partial charge >= 0.3 is 24.1 Å². The molecule has 0 rings (SSSR count). The van der Waals surface area contributed by atoms with Crippen LogP contribution in [0.1, 0.15) is 73.6 Å². The predicted octanol–water partition coefficient (Wildman–Crippen LogP) is 4.45. The first-order valence-corrected chi connectivity index (χ1v) is 14.3. The third-order valence-corrected chi connectivity index (χ3v) is 6.00. The lowest BCUT2D eigenvalue weighted by molar-refractivity contribution is -0.143. The van der Waals surface area contributed by atoms with E-state index in [0.29, 0.717) is 37.5 Å². The molecule has 0 aromatic carbocycles. The number of esters is 2. The molecule has 0 atom stereocenters. The maximum atomic E-state index is 11.7. The zero-order valence-corrected chi connectivity index (χ0v) is 23.5. The molecule has 0 aromatic heterocycles. The molecule has 0 aromatic rings. The number of rotatable bonds is 16. The van der Waals surface area contributed by atoms with Crippen molar-refractivity contribution in [2.75, 3.05) is 37.8 Å². The van der Waals surface area contributed by atoms with Gasteiger partial charge in [0.25, 0.3) is 0 Å². The minimum Gasteiger partial charge on any atom is -0.465 e. The van der Waals surface area contributed by atoms with Crippen LogP contribution in [0.4, 0.5) is 9.59 Å². The van der Waals surface area contributed by atoms with Crippen molar-refractivity contribution in [1.29, 1.82) is 0 Å². The molecule has 0 unspecified atom stereocenters. The number of carbonyl (C=O) groups is 4. The lowest BCUT2D eigenvalue weighted by atomic mass is 10.2. The van der Waals surface area contributed by atoms with E-state index in [0.717, 1.165) is 12.8 Å². The van der Waals surface area contributed by atoms with Crippen molar-refractivity contribution >= 4 is 45.7 Å². The molecule has 2 amide bonds. The highest BCUT2D eigenvalue weighted by Crippen LogP contribution is 2.20. The Kier molecular flexibility index (Phi) is 17.5. The first-order chi connectivity index (χ1) is 16.3. The Morgan fingerprint density at radius 3 is 1.57 bits per heavy atom. The second-order valence-electron chi connectivity index (χ2n) is 9.50. The van der Waals surface area contributed by atoms with Crippen molar-refractivity contribution in [3.8, 4) is 0 Å². The minimum absolute atomic E-state index is 0.0766. The summed E-state index contributed by atoms with van der Waals surface area (Å²) in [7, 11) is 3.07. The second-order valence-corrected chi connectivity index (χ2v) is 12.2. The van der Waals surface area contributed by atoms with Gasteiger partial charge in [0.1, 0.15) is 24.4 Å².